The second-order valence-corrected chi connectivity index (χ2v) is 13.7. The normalized spacial score (nSPS) is 16.8. The number of hydrogen-bond acceptors (Lipinski definition) is 3. The zero-order valence-corrected chi connectivity index (χ0v) is 14.1. The molecular weight excluding hydrogens is 372 g/mol. The number of nitrogens with one attached hydrogen (secondary N) is 2. The molecule has 1 aliphatic rings. The third-order valence-corrected chi connectivity index (χ3v) is 7.87. The van der Waals surface area contributed by atoms with E-state index >= 15 is 0 Å². The molecule has 1 aliphatic heterocycles. The van der Waals surface area contributed by atoms with Crippen LogP contribution in [-0.4, -0.2) is 28.2 Å². The van der Waals surface area contributed by atoms with Crippen LogP contribution in [0.3, 0.4) is 0 Å². The van der Waals surface area contributed by atoms with Crippen LogP contribution in [0.25, 0.3) is 0 Å². The van der Waals surface area contributed by atoms with Crippen molar-refractivity contribution in [3.63, 3.8) is 0 Å². The SMILES string of the molecule is CC(C)Oc1ccccc1[CH]=[Ru]([Cl])([Cl])=[C]1NCCN1. The zero-order valence-electron chi connectivity index (χ0n) is 10.9. The Morgan fingerprint density at radius 2 is 1.84 bits per heavy atom. The maximum atomic E-state index is 6.55. The van der Waals surface area contributed by atoms with Crippen molar-refractivity contribution < 1.29 is 16.6 Å². The predicted octanol–water partition coefficient (Wildman–Crippen LogP) is 2.37. The van der Waals surface area contributed by atoms with Crippen molar-refractivity contribution >= 4 is 28.3 Å². The quantitative estimate of drug-likeness (QED) is 0.778. The molecule has 0 aliphatic carbocycles. The van der Waals surface area contributed by atoms with Gasteiger partial charge in [0.1, 0.15) is 0 Å². The zero-order chi connectivity index (χ0) is 13.9. The summed E-state index contributed by atoms with van der Waals surface area (Å²) in [5, 5.41) is 6.45. The fourth-order valence-corrected chi connectivity index (χ4v) is 6.38. The average molecular weight is 390 g/mol. The molecule has 0 spiro atoms. The van der Waals surface area contributed by atoms with Crippen molar-refractivity contribution in [1.82, 2.24) is 10.6 Å². The van der Waals surface area contributed by atoms with Gasteiger partial charge in [-0.3, -0.25) is 0 Å². The summed E-state index contributed by atoms with van der Waals surface area (Å²) in [6.45, 7) is 5.74. The molecule has 0 bridgehead atoms. The molecule has 0 saturated carbocycles. The molecule has 1 aromatic carbocycles. The van der Waals surface area contributed by atoms with Crippen molar-refractivity contribution in [2.75, 3.05) is 13.1 Å². The third-order valence-electron chi connectivity index (χ3n) is 2.43. The van der Waals surface area contributed by atoms with E-state index in [9.17, 15) is 0 Å². The number of rotatable bonds is 3. The fourth-order valence-electron chi connectivity index (χ4n) is 1.68. The number of hydrogen-bond donors (Lipinski definition) is 2. The minimum atomic E-state index is -3.01. The molecule has 6 heteroatoms. The van der Waals surface area contributed by atoms with Crippen LogP contribution in [0.2, 0.25) is 0 Å². The van der Waals surface area contributed by atoms with Gasteiger partial charge in [-0.1, -0.05) is 0 Å². The average Bonchev–Trinajstić information content (AvgIpc) is 2.85. The van der Waals surface area contributed by atoms with Crippen LogP contribution in [0.1, 0.15) is 19.4 Å². The van der Waals surface area contributed by atoms with E-state index in [4.69, 9.17) is 24.1 Å². The molecule has 0 radical (unpaired) electrons. The van der Waals surface area contributed by atoms with Gasteiger partial charge in [0.2, 0.25) is 0 Å². The van der Waals surface area contributed by atoms with Crippen molar-refractivity contribution in [1.29, 1.82) is 0 Å². The Hall–Kier alpha value is -0.117. The van der Waals surface area contributed by atoms with Gasteiger partial charge in [-0.2, -0.15) is 0 Å². The summed E-state index contributed by atoms with van der Waals surface area (Å²) in [4.78, 5) is 0. The van der Waals surface area contributed by atoms with Crippen molar-refractivity contribution in [3.05, 3.63) is 29.8 Å². The number of para-hydroxylation sites is 1. The standard InChI is InChI=1S/C10H12O.C3H6N2.2ClH.Ru/c1-8(2)11-10-7-5-4-6-9(10)3;1-2-5-3-4-1;;;/h3-8H,1-2H3;4-5H,1-2H2;2*1H;/q;;;;+2/p-2. The van der Waals surface area contributed by atoms with Crippen LogP contribution in [-0.2, 0) is 11.9 Å². The van der Waals surface area contributed by atoms with E-state index in [1.807, 2.05) is 42.7 Å². The molecule has 3 nitrogen and oxygen atoms in total. The monoisotopic (exact) mass is 390 g/mol. The first-order chi connectivity index (χ1) is 8.99. The third kappa shape index (κ3) is 4.17. The van der Waals surface area contributed by atoms with Crippen molar-refractivity contribution in [2.45, 2.75) is 20.0 Å². The molecule has 1 heterocycles. The summed E-state index contributed by atoms with van der Waals surface area (Å²) < 4.78 is 8.63. The van der Waals surface area contributed by atoms with E-state index in [0.29, 0.717) is 0 Å². The predicted molar refractivity (Wildman–Crippen MR) is 80.1 cm³/mol. The molecule has 1 aromatic rings. The van der Waals surface area contributed by atoms with Gasteiger partial charge < -0.3 is 0 Å². The summed E-state index contributed by atoms with van der Waals surface area (Å²) in [6, 6.07) is 7.83. The van der Waals surface area contributed by atoms with Gasteiger partial charge in [-0.05, 0) is 0 Å². The first kappa shape index (κ1) is 15.3. The van der Waals surface area contributed by atoms with Crippen LogP contribution < -0.4 is 15.4 Å². The van der Waals surface area contributed by atoms with Gasteiger partial charge >= 0.3 is 124 Å². The van der Waals surface area contributed by atoms with E-state index in [-0.39, 0.29) is 6.10 Å². The van der Waals surface area contributed by atoms with Crippen molar-refractivity contribution in [2.24, 2.45) is 0 Å². The van der Waals surface area contributed by atoms with Crippen LogP contribution in [0.5, 0.6) is 5.75 Å². The van der Waals surface area contributed by atoms with Crippen LogP contribution in [0.15, 0.2) is 24.3 Å². The van der Waals surface area contributed by atoms with Crippen molar-refractivity contribution in [3.8, 4) is 5.75 Å². The van der Waals surface area contributed by atoms with E-state index in [1.165, 1.54) is 0 Å². The van der Waals surface area contributed by atoms with Crippen LogP contribution >= 0.6 is 19.4 Å². The summed E-state index contributed by atoms with van der Waals surface area (Å²) >= 11 is -3.01. The first-order valence-electron chi connectivity index (χ1n) is 6.07. The van der Waals surface area contributed by atoms with Gasteiger partial charge in [0.15, 0.2) is 0 Å². The molecular formula is C13H18Cl2N2ORu. The van der Waals surface area contributed by atoms with Gasteiger partial charge in [0.25, 0.3) is 0 Å². The molecule has 1 saturated heterocycles. The minimum absolute atomic E-state index is 0.121. The number of ether oxygens (including phenoxy) is 1. The summed E-state index contributed by atoms with van der Waals surface area (Å²) in [6.07, 6.45) is 0.121. The Bertz CT molecular complexity index is 562. The molecule has 0 amide bonds. The second-order valence-electron chi connectivity index (χ2n) is 4.40. The Balaban J connectivity index is 2.45. The van der Waals surface area contributed by atoms with E-state index < -0.39 is 11.9 Å². The summed E-state index contributed by atoms with van der Waals surface area (Å²) in [5.41, 5.74) is 0.954. The Kier molecular flexibility index (Phi) is 5.27. The molecule has 0 atom stereocenters. The Morgan fingerprint density at radius 3 is 2.47 bits per heavy atom. The van der Waals surface area contributed by atoms with E-state index in [2.05, 4.69) is 10.6 Å². The van der Waals surface area contributed by atoms with Gasteiger partial charge in [-0.15, -0.1) is 0 Å². The van der Waals surface area contributed by atoms with Gasteiger partial charge in [0.05, 0.1) is 0 Å². The molecule has 19 heavy (non-hydrogen) atoms. The summed E-state index contributed by atoms with van der Waals surface area (Å²) in [5.74, 6) is 0.822. The molecule has 108 valence electrons. The number of benzene rings is 1. The van der Waals surface area contributed by atoms with Gasteiger partial charge in [-0.25, -0.2) is 0 Å². The van der Waals surface area contributed by atoms with E-state index in [1.54, 1.807) is 0 Å². The summed E-state index contributed by atoms with van der Waals surface area (Å²) in [7, 11) is 13.1. The Morgan fingerprint density at radius 1 is 1.21 bits per heavy atom. The molecule has 1 fully saturated rings. The van der Waals surface area contributed by atoms with E-state index in [0.717, 1.165) is 28.8 Å². The van der Waals surface area contributed by atoms with Crippen LogP contribution in [0, 0.1) is 0 Å². The van der Waals surface area contributed by atoms with Crippen LogP contribution in [0.4, 0.5) is 0 Å². The molecule has 2 rings (SSSR count). The molecule has 2 N–H and O–H groups in total. The topological polar surface area (TPSA) is 33.3 Å². The fraction of sp³-hybridized carbons (Fsp3) is 0.385. The number of halogens is 2. The first-order valence-corrected chi connectivity index (χ1v) is 12.4. The second kappa shape index (κ2) is 6.56. The van der Waals surface area contributed by atoms with Gasteiger partial charge in [0, 0.05) is 0 Å². The molecule has 0 aromatic heterocycles. The maximum absolute atomic E-state index is 6.55. The Labute approximate surface area is 124 Å². The molecule has 0 unspecified atom stereocenters.